The van der Waals surface area contributed by atoms with Crippen LogP contribution in [0.4, 0.5) is 0 Å². The van der Waals surface area contributed by atoms with E-state index in [1.807, 2.05) is 12.1 Å². The van der Waals surface area contributed by atoms with Crippen LogP contribution < -0.4 is 0 Å². The van der Waals surface area contributed by atoms with E-state index in [0.717, 1.165) is 88.4 Å². The second-order valence-corrected chi connectivity index (χ2v) is 17.3. The number of pyridine rings is 1. The topological polar surface area (TPSA) is 80.2 Å². The first-order valence-electron chi connectivity index (χ1n) is 22.7. The summed E-state index contributed by atoms with van der Waals surface area (Å²) in [7, 11) is 0. The Bertz CT molecular complexity index is 4440. The number of para-hydroxylation sites is 6. The first-order valence-corrected chi connectivity index (χ1v) is 22.7. The molecule has 7 nitrogen and oxygen atoms in total. The molecule has 0 aliphatic heterocycles. The van der Waals surface area contributed by atoms with Crippen molar-refractivity contribution in [1.82, 2.24) is 23.3 Å². The summed E-state index contributed by atoms with van der Waals surface area (Å²) in [5.41, 5.74) is 13.9. The molecule has 7 heteroatoms. The van der Waals surface area contributed by atoms with Gasteiger partial charge in [-0.05, 0) is 97.1 Å². The van der Waals surface area contributed by atoms with Crippen molar-refractivity contribution in [2.24, 2.45) is 0 Å². The molecule has 0 amide bonds. The molecule has 0 unspecified atom stereocenters. The van der Waals surface area contributed by atoms with E-state index in [1.165, 1.54) is 21.5 Å². The van der Waals surface area contributed by atoms with Crippen molar-refractivity contribution >= 4 is 87.2 Å². The molecule has 0 aliphatic carbocycles. The minimum Gasteiger partial charge on any atom is -0.309 e. The first-order chi connectivity index (χ1) is 33.7. The summed E-state index contributed by atoms with van der Waals surface area (Å²) in [6.07, 6.45) is 1.78. The Morgan fingerprint density at radius 2 is 0.706 bits per heavy atom. The number of fused-ring (bicyclic) bond motifs is 12. The SMILES string of the molecule is N#Cc1ccc(-n2c3ccccc3c3cc(-n4c5ccccc5c5ccccc54)ccc32)c(-c2ncccc2-n2c3ccccc3c3cc(-n4c5ccccc5c5ccccc54)ccc32)c1C#N. The predicted molar refractivity (Wildman–Crippen MR) is 276 cm³/mol. The van der Waals surface area contributed by atoms with Gasteiger partial charge in [-0.15, -0.1) is 0 Å². The van der Waals surface area contributed by atoms with E-state index in [4.69, 9.17) is 4.98 Å². The molecule has 68 heavy (non-hydrogen) atoms. The van der Waals surface area contributed by atoms with Crippen LogP contribution in [0, 0.1) is 22.7 Å². The maximum atomic E-state index is 11.1. The van der Waals surface area contributed by atoms with E-state index in [9.17, 15) is 10.5 Å². The van der Waals surface area contributed by atoms with E-state index < -0.39 is 0 Å². The fourth-order valence-corrected chi connectivity index (χ4v) is 11.1. The van der Waals surface area contributed by atoms with Gasteiger partial charge in [0.05, 0.1) is 72.3 Å². The van der Waals surface area contributed by atoms with Crippen LogP contribution in [0.2, 0.25) is 0 Å². The highest BCUT2D eigenvalue weighted by Crippen LogP contribution is 2.44. The molecule has 5 heterocycles. The van der Waals surface area contributed by atoms with Gasteiger partial charge < -0.3 is 18.3 Å². The zero-order valence-electron chi connectivity index (χ0n) is 36.3. The van der Waals surface area contributed by atoms with Crippen LogP contribution in [0.1, 0.15) is 11.1 Å². The minimum absolute atomic E-state index is 0.271. The highest BCUT2D eigenvalue weighted by molar-refractivity contribution is 6.15. The molecular weight excluding hydrogens is 831 g/mol. The molecule has 0 spiro atoms. The van der Waals surface area contributed by atoms with Crippen molar-refractivity contribution in [3.63, 3.8) is 0 Å². The third kappa shape index (κ3) is 5.18. The van der Waals surface area contributed by atoms with E-state index in [-0.39, 0.29) is 11.1 Å². The second kappa shape index (κ2) is 14.4. The average Bonchev–Trinajstić information content (AvgIpc) is 4.13. The number of nitriles is 2. The molecule has 5 aromatic heterocycles. The Hall–Kier alpha value is -9.69. The van der Waals surface area contributed by atoms with Gasteiger partial charge in [0.25, 0.3) is 0 Å². The van der Waals surface area contributed by atoms with Crippen molar-refractivity contribution in [2.75, 3.05) is 0 Å². The summed E-state index contributed by atoms with van der Waals surface area (Å²) in [4.78, 5) is 5.16. The highest BCUT2D eigenvalue weighted by atomic mass is 15.0. The molecule has 0 radical (unpaired) electrons. The van der Waals surface area contributed by atoms with Crippen molar-refractivity contribution < 1.29 is 0 Å². The van der Waals surface area contributed by atoms with Crippen LogP contribution in [0.15, 0.2) is 212 Å². The lowest BCUT2D eigenvalue weighted by atomic mass is 9.96. The molecule has 0 aliphatic rings. The molecule has 0 fully saturated rings. The van der Waals surface area contributed by atoms with Crippen LogP contribution in [0.25, 0.3) is 121 Å². The van der Waals surface area contributed by atoms with Crippen LogP contribution in [-0.4, -0.2) is 23.3 Å². The lowest BCUT2D eigenvalue weighted by Crippen LogP contribution is -2.06. The Morgan fingerprint density at radius 1 is 0.324 bits per heavy atom. The fourth-order valence-electron chi connectivity index (χ4n) is 11.1. The van der Waals surface area contributed by atoms with Crippen LogP contribution in [-0.2, 0) is 0 Å². The van der Waals surface area contributed by atoms with Gasteiger partial charge in [-0.1, -0.05) is 109 Å². The van der Waals surface area contributed by atoms with Crippen LogP contribution in [0.3, 0.4) is 0 Å². The number of aromatic nitrogens is 5. The maximum absolute atomic E-state index is 11.1. The van der Waals surface area contributed by atoms with Gasteiger partial charge in [-0.3, -0.25) is 4.98 Å². The summed E-state index contributed by atoms with van der Waals surface area (Å²) in [5.74, 6) is 0. The predicted octanol–water partition coefficient (Wildman–Crippen LogP) is 14.9. The Morgan fingerprint density at radius 3 is 1.13 bits per heavy atom. The number of rotatable bonds is 5. The van der Waals surface area contributed by atoms with Crippen molar-refractivity contribution in [3.05, 3.63) is 224 Å². The van der Waals surface area contributed by atoms with E-state index in [1.54, 1.807) is 12.3 Å². The number of hydrogen-bond acceptors (Lipinski definition) is 3. The van der Waals surface area contributed by atoms with Gasteiger partial charge in [-0.2, -0.15) is 10.5 Å². The smallest absolute Gasteiger partial charge is 0.101 e. The monoisotopic (exact) mass is 865 g/mol. The van der Waals surface area contributed by atoms with Crippen molar-refractivity contribution in [3.8, 4) is 46.1 Å². The molecule has 314 valence electrons. The molecule has 14 aromatic rings. The average molecular weight is 866 g/mol. The number of hydrogen-bond donors (Lipinski definition) is 0. The summed E-state index contributed by atoms with van der Waals surface area (Å²) in [6.45, 7) is 0. The molecule has 0 N–H and O–H groups in total. The van der Waals surface area contributed by atoms with Crippen LogP contribution in [0.5, 0.6) is 0 Å². The highest BCUT2D eigenvalue weighted by Gasteiger charge is 2.26. The van der Waals surface area contributed by atoms with E-state index in [2.05, 4.69) is 218 Å². The maximum Gasteiger partial charge on any atom is 0.101 e. The molecule has 0 atom stereocenters. The molecular formula is C61H35N7. The second-order valence-electron chi connectivity index (χ2n) is 17.3. The van der Waals surface area contributed by atoms with Gasteiger partial charge in [0, 0.05) is 66.2 Å². The van der Waals surface area contributed by atoms with E-state index >= 15 is 0 Å². The fraction of sp³-hybridized carbons (Fsp3) is 0. The zero-order chi connectivity index (χ0) is 45.0. The number of benzene rings is 9. The molecule has 14 rings (SSSR count). The van der Waals surface area contributed by atoms with Crippen LogP contribution >= 0.6 is 0 Å². The van der Waals surface area contributed by atoms with Gasteiger partial charge in [-0.25, -0.2) is 0 Å². The first kappa shape index (κ1) is 37.7. The number of nitrogens with zero attached hydrogens (tertiary/aromatic N) is 7. The summed E-state index contributed by atoms with van der Waals surface area (Å²) in [5, 5.41) is 30.9. The minimum atomic E-state index is 0.271. The normalized spacial score (nSPS) is 11.8. The standard InChI is InChI=1S/C61H35N7/c62-36-38-27-30-58(67-54-24-11-5-18-45(54)47-34-39(28-31-56(47)67)65-50-20-7-1-14-41(50)42-15-2-8-21-51(42)65)60(49(38)37-63)61-59(26-13-33-64-61)68-55-25-12-6-19-46(55)48-35-40(29-32-57(48)68)66-52-22-9-3-16-43(52)44-17-4-10-23-53(44)66/h1-35H. The van der Waals surface area contributed by atoms with Gasteiger partial charge in [0.15, 0.2) is 0 Å². The quantitative estimate of drug-likeness (QED) is 0.173. The largest absolute Gasteiger partial charge is 0.309 e. The summed E-state index contributed by atoms with van der Waals surface area (Å²) < 4.78 is 9.19. The third-order valence-corrected chi connectivity index (χ3v) is 13.9. The Labute approximate surface area is 389 Å². The Kier molecular flexibility index (Phi) is 7.98. The van der Waals surface area contributed by atoms with Gasteiger partial charge >= 0.3 is 0 Å². The summed E-state index contributed by atoms with van der Waals surface area (Å²) in [6, 6.07) is 77.1. The van der Waals surface area contributed by atoms with Gasteiger partial charge in [0.2, 0.25) is 0 Å². The van der Waals surface area contributed by atoms with E-state index in [0.29, 0.717) is 11.3 Å². The summed E-state index contributed by atoms with van der Waals surface area (Å²) >= 11 is 0. The van der Waals surface area contributed by atoms with Gasteiger partial charge in [0.1, 0.15) is 12.1 Å². The lowest BCUT2D eigenvalue weighted by Gasteiger charge is -2.19. The lowest BCUT2D eigenvalue weighted by molar-refractivity contribution is 1.12. The third-order valence-electron chi connectivity index (χ3n) is 13.9. The zero-order valence-corrected chi connectivity index (χ0v) is 36.3. The molecule has 0 saturated heterocycles. The van der Waals surface area contributed by atoms with Crippen molar-refractivity contribution in [1.29, 1.82) is 10.5 Å². The van der Waals surface area contributed by atoms with Crippen molar-refractivity contribution in [2.45, 2.75) is 0 Å². The Balaban J connectivity index is 1.02. The molecule has 0 saturated carbocycles. The molecule has 0 bridgehead atoms. The molecule has 9 aromatic carbocycles.